The highest BCUT2D eigenvalue weighted by atomic mass is 32.2. The van der Waals surface area contributed by atoms with Crippen molar-refractivity contribution < 1.29 is 23.9 Å². The molecule has 1 aromatic heterocycles. The van der Waals surface area contributed by atoms with Crippen LogP contribution >= 0.6 is 11.8 Å². The van der Waals surface area contributed by atoms with Crippen LogP contribution in [0.4, 0.5) is 0 Å². The van der Waals surface area contributed by atoms with E-state index < -0.39 is 29.9 Å². The maximum absolute atomic E-state index is 13.0. The molecule has 9 nitrogen and oxygen atoms in total. The van der Waals surface area contributed by atoms with Crippen molar-refractivity contribution in [2.75, 3.05) is 6.26 Å². The summed E-state index contributed by atoms with van der Waals surface area (Å²) in [4.78, 5) is 56.6. The minimum absolute atomic E-state index is 0.00695. The summed E-state index contributed by atoms with van der Waals surface area (Å²) in [6.45, 7) is 7.27. The number of aromatic nitrogens is 1. The van der Waals surface area contributed by atoms with Crippen LogP contribution in [0.5, 0.6) is 0 Å². The molecule has 0 spiro atoms. The first-order chi connectivity index (χ1) is 16.7. The van der Waals surface area contributed by atoms with Crippen molar-refractivity contribution in [3.63, 3.8) is 0 Å². The molecule has 0 aliphatic carbocycles. The van der Waals surface area contributed by atoms with Crippen LogP contribution in [-0.4, -0.2) is 47.1 Å². The number of hydrogen-bond acceptors (Lipinski definition) is 7. The zero-order valence-corrected chi connectivity index (χ0v) is 21.7. The highest BCUT2D eigenvalue weighted by Crippen LogP contribution is 2.20. The molecule has 0 aromatic carbocycles. The minimum atomic E-state index is -0.976. The number of esters is 1. The van der Waals surface area contributed by atoms with E-state index >= 15 is 0 Å². The molecule has 2 atom stereocenters. The molecule has 3 N–H and O–H groups in total. The normalized spacial score (nSPS) is 21.6. The number of rotatable bonds is 5. The smallest absolute Gasteiger partial charge is 0.329 e. The fourth-order valence-corrected chi connectivity index (χ4v) is 3.84. The monoisotopic (exact) mass is 502 g/mol. The first-order valence-electron chi connectivity index (χ1n) is 11.7. The second-order valence-corrected chi connectivity index (χ2v) is 9.23. The highest BCUT2D eigenvalue weighted by Gasteiger charge is 2.30. The van der Waals surface area contributed by atoms with E-state index in [0.717, 1.165) is 12.8 Å². The van der Waals surface area contributed by atoms with Crippen LogP contribution in [0, 0.1) is 5.92 Å². The number of nitrogens with one attached hydrogen (secondary N) is 3. The molecule has 1 aliphatic heterocycles. The molecule has 35 heavy (non-hydrogen) atoms. The molecule has 10 heteroatoms. The van der Waals surface area contributed by atoms with Gasteiger partial charge in [-0.1, -0.05) is 39.3 Å². The van der Waals surface area contributed by atoms with Crippen LogP contribution in [0.15, 0.2) is 41.0 Å². The number of unbranched alkanes of at least 4 members (excludes halogenated alkanes) is 1. The van der Waals surface area contributed by atoms with Gasteiger partial charge in [-0.2, -0.15) is 0 Å². The Bertz CT molecular complexity index is 1010. The van der Waals surface area contributed by atoms with E-state index in [1.54, 1.807) is 39.0 Å². The van der Waals surface area contributed by atoms with Gasteiger partial charge >= 0.3 is 5.97 Å². The fraction of sp³-hybridized carbons (Fsp3) is 0.480. The largest absolute Gasteiger partial charge is 0.456 e. The molecule has 0 saturated carbocycles. The number of ether oxygens (including phenoxy) is 1. The van der Waals surface area contributed by atoms with E-state index in [2.05, 4.69) is 20.9 Å². The van der Waals surface area contributed by atoms with Gasteiger partial charge < -0.3 is 20.7 Å². The third kappa shape index (κ3) is 8.24. The van der Waals surface area contributed by atoms with Crippen molar-refractivity contribution in [1.29, 1.82) is 0 Å². The number of nitrogens with zero attached hydrogens (tertiary/aromatic N) is 1. The average molecular weight is 503 g/mol. The molecule has 0 radical (unpaired) electrons. The number of carbonyl (C=O) groups is 4. The van der Waals surface area contributed by atoms with Crippen molar-refractivity contribution in [1.82, 2.24) is 20.9 Å². The predicted molar refractivity (Wildman–Crippen MR) is 134 cm³/mol. The van der Waals surface area contributed by atoms with Gasteiger partial charge in [-0.15, -0.1) is 11.8 Å². The molecule has 2 bridgehead atoms. The Morgan fingerprint density at radius 3 is 2.57 bits per heavy atom. The highest BCUT2D eigenvalue weighted by molar-refractivity contribution is 7.98. The zero-order chi connectivity index (χ0) is 26.0. The van der Waals surface area contributed by atoms with E-state index in [4.69, 9.17) is 4.74 Å². The summed E-state index contributed by atoms with van der Waals surface area (Å²) in [6.07, 6.45) is 7.66. The summed E-state index contributed by atoms with van der Waals surface area (Å²) < 4.78 is 5.63. The van der Waals surface area contributed by atoms with Gasteiger partial charge in [0.05, 0.1) is 18.7 Å². The number of amides is 3. The third-order valence-corrected chi connectivity index (χ3v) is 6.04. The van der Waals surface area contributed by atoms with E-state index in [9.17, 15) is 19.2 Å². The fourth-order valence-electron chi connectivity index (χ4n) is 3.30. The van der Waals surface area contributed by atoms with Gasteiger partial charge in [-0.05, 0) is 43.7 Å². The first-order valence-corrected chi connectivity index (χ1v) is 12.9. The Hall–Kier alpha value is -3.14. The van der Waals surface area contributed by atoms with Crippen molar-refractivity contribution >= 4 is 35.5 Å². The lowest BCUT2D eigenvalue weighted by atomic mass is 10.0. The van der Waals surface area contributed by atoms with Gasteiger partial charge in [-0.3, -0.25) is 14.4 Å². The van der Waals surface area contributed by atoms with Gasteiger partial charge in [0.2, 0.25) is 5.91 Å². The summed E-state index contributed by atoms with van der Waals surface area (Å²) >= 11 is 1.34. The molecular formula is C25H34N4O5S. The topological polar surface area (TPSA) is 126 Å². The summed E-state index contributed by atoms with van der Waals surface area (Å²) in [7, 11) is 0. The Morgan fingerprint density at radius 1 is 1.20 bits per heavy atom. The van der Waals surface area contributed by atoms with Gasteiger partial charge in [0.1, 0.15) is 23.5 Å². The Morgan fingerprint density at radius 2 is 1.94 bits per heavy atom. The molecular weight excluding hydrogens is 468 g/mol. The second-order valence-electron chi connectivity index (χ2n) is 8.38. The maximum atomic E-state index is 13.0. The zero-order valence-electron chi connectivity index (χ0n) is 20.8. The molecule has 1 aromatic rings. The number of fused-ring (bicyclic) bond motifs is 2. The Kier molecular flexibility index (Phi) is 11.0. The number of carbonyl (C=O) groups excluding carboxylic acids is 4. The quantitative estimate of drug-likeness (QED) is 0.245. The van der Waals surface area contributed by atoms with Gasteiger partial charge in [0.25, 0.3) is 11.8 Å². The Balaban J connectivity index is 2.46. The maximum Gasteiger partial charge on any atom is 0.329 e. The van der Waals surface area contributed by atoms with Crippen molar-refractivity contribution in [2.24, 2.45) is 5.92 Å². The van der Waals surface area contributed by atoms with Crippen LogP contribution < -0.4 is 16.0 Å². The number of hydrogen-bond donors (Lipinski definition) is 3. The molecule has 3 amide bonds. The standard InChI is InChI=1S/C25H34N4O5S/c1-6-8-9-10-17-13-20(30)26-14-16-11-12-19(35-5)22(27-16)24(32)28-18(7-2)23(31)29-21(15(3)4)25(33)34-17/h7,9-12,15,17,21H,6,8,13-14H2,1-5H3,(H,26,30)(H,28,32)(H,29,31)/b10-9+,18-7-/t17-,21+/m1/s1. The van der Waals surface area contributed by atoms with Crippen LogP contribution in [0.2, 0.25) is 0 Å². The summed E-state index contributed by atoms with van der Waals surface area (Å²) in [5.41, 5.74) is 0.617. The lowest BCUT2D eigenvalue weighted by molar-refractivity contribution is -0.153. The van der Waals surface area contributed by atoms with Crippen molar-refractivity contribution in [3.8, 4) is 0 Å². The molecule has 190 valence electrons. The van der Waals surface area contributed by atoms with Gasteiger partial charge in [0, 0.05) is 4.90 Å². The number of allylic oxidation sites excluding steroid dienone is 2. The third-order valence-electron chi connectivity index (χ3n) is 5.27. The molecule has 0 saturated heterocycles. The predicted octanol–water partition coefficient (Wildman–Crippen LogP) is 2.87. The van der Waals surface area contributed by atoms with Crippen molar-refractivity contribution in [2.45, 2.75) is 70.5 Å². The van der Waals surface area contributed by atoms with Crippen LogP contribution in [-0.2, 0) is 25.7 Å². The van der Waals surface area contributed by atoms with E-state index in [1.807, 2.05) is 19.3 Å². The molecule has 2 heterocycles. The SMILES string of the molecule is C/C=C1\NC(=O)c2nc(ccc2SC)CNC(=O)C[C@@H](/C=C/CCC)OC(=O)[C@H](C(C)C)NC1=O. The molecule has 1 aliphatic rings. The summed E-state index contributed by atoms with van der Waals surface area (Å²) in [6, 6.07) is 2.50. The number of pyridine rings is 1. The average Bonchev–Trinajstić information content (AvgIpc) is 2.83. The van der Waals surface area contributed by atoms with E-state index in [0.29, 0.717) is 10.6 Å². The van der Waals surface area contributed by atoms with E-state index in [1.165, 1.54) is 17.8 Å². The van der Waals surface area contributed by atoms with Crippen LogP contribution in [0.3, 0.4) is 0 Å². The summed E-state index contributed by atoms with van der Waals surface area (Å²) in [5.74, 6) is -2.48. The van der Waals surface area contributed by atoms with Crippen molar-refractivity contribution in [3.05, 3.63) is 47.4 Å². The summed E-state index contributed by atoms with van der Waals surface area (Å²) in [5, 5.41) is 8.02. The first kappa shape index (κ1) is 28.1. The number of thioether (sulfide) groups is 1. The Labute approximate surface area is 210 Å². The molecule has 2 rings (SSSR count). The van der Waals surface area contributed by atoms with Gasteiger partial charge in [0.15, 0.2) is 0 Å². The minimum Gasteiger partial charge on any atom is -0.456 e. The van der Waals surface area contributed by atoms with Gasteiger partial charge in [-0.25, -0.2) is 9.78 Å². The lowest BCUT2D eigenvalue weighted by Gasteiger charge is -2.24. The van der Waals surface area contributed by atoms with Crippen LogP contribution in [0.1, 0.15) is 63.1 Å². The second kappa shape index (κ2) is 13.7. The van der Waals surface area contributed by atoms with E-state index in [-0.39, 0.29) is 36.2 Å². The number of cyclic esters (lactones) is 1. The van der Waals surface area contributed by atoms with Crippen LogP contribution in [0.25, 0.3) is 0 Å². The lowest BCUT2D eigenvalue weighted by Crippen LogP contribution is -2.48. The molecule has 0 fully saturated rings. The molecule has 0 unspecified atom stereocenters.